The number of benzene rings is 1. The van der Waals surface area contributed by atoms with E-state index in [1.54, 1.807) is 0 Å². The maximum absolute atomic E-state index is 3.66. The van der Waals surface area contributed by atoms with Gasteiger partial charge in [-0.2, -0.15) is 0 Å². The van der Waals surface area contributed by atoms with Crippen molar-refractivity contribution < 1.29 is 0 Å². The van der Waals surface area contributed by atoms with E-state index in [-0.39, 0.29) is 0 Å². The first-order valence-corrected chi connectivity index (χ1v) is 6.60. The number of nitrogens with one attached hydrogen (secondary N) is 1. The maximum Gasteiger partial charge on any atom is 0.0320 e. The van der Waals surface area contributed by atoms with Crippen LogP contribution in [-0.2, 0) is 0 Å². The largest absolute Gasteiger partial charge is 0.310 e. The fourth-order valence-corrected chi connectivity index (χ4v) is 2.45. The van der Waals surface area contributed by atoms with Crippen molar-refractivity contribution in [1.29, 1.82) is 0 Å². The van der Waals surface area contributed by atoms with Gasteiger partial charge in [0.2, 0.25) is 0 Å². The second-order valence-corrected chi connectivity index (χ2v) is 5.18. The summed E-state index contributed by atoms with van der Waals surface area (Å²) in [6, 6.07) is 9.69. The van der Waals surface area contributed by atoms with E-state index in [0.29, 0.717) is 12.0 Å². The summed E-state index contributed by atoms with van der Waals surface area (Å²) in [6.45, 7) is 5.70. The van der Waals surface area contributed by atoms with Crippen LogP contribution in [0.2, 0.25) is 0 Å². The summed E-state index contributed by atoms with van der Waals surface area (Å²) < 4.78 is 0. The third-order valence-electron chi connectivity index (χ3n) is 3.54. The zero-order valence-electron chi connectivity index (χ0n) is 10.5. The molecule has 0 saturated carbocycles. The van der Waals surface area contributed by atoms with E-state index in [1.807, 2.05) is 0 Å². The molecular formula is C15H23N. The molecule has 1 heteroatoms. The number of hydrogen-bond acceptors (Lipinski definition) is 1. The Balaban J connectivity index is 2.15. The van der Waals surface area contributed by atoms with Crippen molar-refractivity contribution in [3.8, 4) is 0 Å². The molecule has 1 saturated heterocycles. The summed E-state index contributed by atoms with van der Waals surface area (Å²) in [4.78, 5) is 0. The van der Waals surface area contributed by atoms with Crippen LogP contribution in [-0.4, -0.2) is 6.54 Å². The highest BCUT2D eigenvalue weighted by molar-refractivity contribution is 5.28. The molecule has 1 unspecified atom stereocenters. The molecule has 1 aromatic carbocycles. The SMILES string of the molecule is CC(C)c1cccc(C2CCCCCN2)c1. The third kappa shape index (κ3) is 2.85. The first kappa shape index (κ1) is 11.7. The highest BCUT2D eigenvalue weighted by Crippen LogP contribution is 2.25. The highest BCUT2D eigenvalue weighted by Gasteiger charge is 2.13. The Morgan fingerprint density at radius 1 is 1.19 bits per heavy atom. The molecule has 1 atom stereocenters. The van der Waals surface area contributed by atoms with Crippen LogP contribution in [0.25, 0.3) is 0 Å². The second kappa shape index (κ2) is 5.49. The Morgan fingerprint density at radius 3 is 2.88 bits per heavy atom. The van der Waals surface area contributed by atoms with Crippen LogP contribution in [0.3, 0.4) is 0 Å². The molecule has 2 rings (SSSR count). The summed E-state index contributed by atoms with van der Waals surface area (Å²) in [5, 5.41) is 3.66. The molecule has 88 valence electrons. The van der Waals surface area contributed by atoms with Crippen LogP contribution in [0.1, 0.15) is 62.6 Å². The van der Waals surface area contributed by atoms with Gasteiger partial charge < -0.3 is 5.32 Å². The minimum atomic E-state index is 0.584. The normalized spacial score (nSPS) is 22.1. The summed E-state index contributed by atoms with van der Waals surface area (Å²) in [7, 11) is 0. The van der Waals surface area contributed by atoms with Crippen LogP contribution in [0.5, 0.6) is 0 Å². The van der Waals surface area contributed by atoms with E-state index in [1.165, 1.54) is 43.4 Å². The van der Waals surface area contributed by atoms with Gasteiger partial charge in [0.25, 0.3) is 0 Å². The van der Waals surface area contributed by atoms with Gasteiger partial charge in [-0.3, -0.25) is 0 Å². The average molecular weight is 217 g/mol. The molecule has 1 aromatic rings. The molecule has 1 N–H and O–H groups in total. The molecule has 1 aliphatic rings. The average Bonchev–Trinajstić information content (AvgIpc) is 2.57. The van der Waals surface area contributed by atoms with E-state index in [2.05, 4.69) is 43.4 Å². The van der Waals surface area contributed by atoms with Crippen LogP contribution in [0.15, 0.2) is 24.3 Å². The Kier molecular flexibility index (Phi) is 4.00. The fraction of sp³-hybridized carbons (Fsp3) is 0.600. The lowest BCUT2D eigenvalue weighted by Gasteiger charge is -2.18. The van der Waals surface area contributed by atoms with Crippen LogP contribution >= 0.6 is 0 Å². The third-order valence-corrected chi connectivity index (χ3v) is 3.54. The van der Waals surface area contributed by atoms with Crippen molar-refractivity contribution in [2.24, 2.45) is 0 Å². The lowest BCUT2D eigenvalue weighted by atomic mass is 9.96. The summed E-state index contributed by atoms with van der Waals surface area (Å²) in [6.07, 6.45) is 5.37. The Bertz CT molecular complexity index is 322. The summed E-state index contributed by atoms with van der Waals surface area (Å²) in [5.74, 6) is 0.630. The predicted octanol–water partition coefficient (Wildman–Crippen LogP) is 4.01. The van der Waals surface area contributed by atoms with E-state index in [9.17, 15) is 0 Å². The van der Waals surface area contributed by atoms with E-state index in [0.717, 1.165) is 0 Å². The summed E-state index contributed by atoms with van der Waals surface area (Å²) in [5.41, 5.74) is 2.94. The summed E-state index contributed by atoms with van der Waals surface area (Å²) >= 11 is 0. The van der Waals surface area contributed by atoms with E-state index in [4.69, 9.17) is 0 Å². The maximum atomic E-state index is 3.66. The zero-order chi connectivity index (χ0) is 11.4. The van der Waals surface area contributed by atoms with Crippen LogP contribution in [0.4, 0.5) is 0 Å². The first-order chi connectivity index (χ1) is 7.77. The number of hydrogen-bond donors (Lipinski definition) is 1. The lowest BCUT2D eigenvalue weighted by Crippen LogP contribution is -2.20. The Labute approximate surface area is 99.3 Å². The molecule has 0 aromatic heterocycles. The Morgan fingerprint density at radius 2 is 2.06 bits per heavy atom. The molecule has 0 aliphatic carbocycles. The quantitative estimate of drug-likeness (QED) is 0.789. The van der Waals surface area contributed by atoms with Gasteiger partial charge in [0.15, 0.2) is 0 Å². The van der Waals surface area contributed by atoms with Crippen molar-refractivity contribution in [3.63, 3.8) is 0 Å². The van der Waals surface area contributed by atoms with Gasteiger partial charge in [-0.15, -0.1) is 0 Å². The molecule has 1 fully saturated rings. The van der Waals surface area contributed by atoms with Crippen LogP contribution in [0, 0.1) is 0 Å². The van der Waals surface area contributed by atoms with Crippen LogP contribution < -0.4 is 5.32 Å². The van der Waals surface area contributed by atoms with Gasteiger partial charge in [0.05, 0.1) is 0 Å². The van der Waals surface area contributed by atoms with Crippen molar-refractivity contribution in [2.45, 2.75) is 51.5 Å². The molecule has 16 heavy (non-hydrogen) atoms. The van der Waals surface area contributed by atoms with Gasteiger partial charge in [-0.25, -0.2) is 0 Å². The second-order valence-electron chi connectivity index (χ2n) is 5.18. The van der Waals surface area contributed by atoms with Gasteiger partial charge in [-0.05, 0) is 36.4 Å². The molecule has 0 amide bonds. The predicted molar refractivity (Wildman–Crippen MR) is 69.7 cm³/mol. The van der Waals surface area contributed by atoms with Crippen molar-refractivity contribution in [3.05, 3.63) is 35.4 Å². The van der Waals surface area contributed by atoms with Crippen molar-refractivity contribution in [2.75, 3.05) is 6.54 Å². The molecule has 1 heterocycles. The fourth-order valence-electron chi connectivity index (χ4n) is 2.45. The standard InChI is InChI=1S/C15H23N/c1-12(2)13-7-6-8-14(11-13)15-9-4-3-5-10-16-15/h6-8,11-12,15-16H,3-5,9-10H2,1-2H3. The van der Waals surface area contributed by atoms with Gasteiger partial charge in [0.1, 0.15) is 0 Å². The van der Waals surface area contributed by atoms with E-state index >= 15 is 0 Å². The molecule has 1 aliphatic heterocycles. The Hall–Kier alpha value is -0.820. The van der Waals surface area contributed by atoms with E-state index < -0.39 is 0 Å². The molecule has 0 bridgehead atoms. The zero-order valence-corrected chi connectivity index (χ0v) is 10.5. The van der Waals surface area contributed by atoms with Gasteiger partial charge in [-0.1, -0.05) is 51.0 Å². The molecule has 0 radical (unpaired) electrons. The topological polar surface area (TPSA) is 12.0 Å². The smallest absolute Gasteiger partial charge is 0.0320 e. The molecular weight excluding hydrogens is 194 g/mol. The lowest BCUT2D eigenvalue weighted by molar-refractivity contribution is 0.534. The monoisotopic (exact) mass is 217 g/mol. The number of rotatable bonds is 2. The molecule has 1 nitrogen and oxygen atoms in total. The van der Waals surface area contributed by atoms with Crippen molar-refractivity contribution >= 4 is 0 Å². The minimum Gasteiger partial charge on any atom is -0.310 e. The minimum absolute atomic E-state index is 0.584. The van der Waals surface area contributed by atoms with Crippen molar-refractivity contribution in [1.82, 2.24) is 5.32 Å². The molecule has 0 spiro atoms. The van der Waals surface area contributed by atoms with Gasteiger partial charge in [0, 0.05) is 6.04 Å². The highest BCUT2D eigenvalue weighted by atomic mass is 14.9. The first-order valence-electron chi connectivity index (χ1n) is 6.60. The van der Waals surface area contributed by atoms with Gasteiger partial charge >= 0.3 is 0 Å².